The van der Waals surface area contributed by atoms with Crippen molar-refractivity contribution in [3.8, 4) is 0 Å². The Hall–Kier alpha value is -1.42. The normalized spacial score (nSPS) is 16.2. The Balaban J connectivity index is 2.30. The Kier molecular flexibility index (Phi) is 3.19. The topological polar surface area (TPSA) is 32.3 Å². The van der Waals surface area contributed by atoms with E-state index >= 15 is 0 Å². The molecule has 0 atom stereocenters. The van der Waals surface area contributed by atoms with Crippen LogP contribution in [0.1, 0.15) is 17.3 Å². The van der Waals surface area contributed by atoms with Crippen LogP contribution in [0, 0.1) is 5.82 Å². The zero-order valence-corrected chi connectivity index (χ0v) is 9.29. The van der Waals surface area contributed by atoms with Crippen molar-refractivity contribution in [2.45, 2.75) is 6.92 Å². The van der Waals surface area contributed by atoms with E-state index in [0.717, 1.165) is 26.2 Å². The van der Waals surface area contributed by atoms with Crippen LogP contribution in [0.3, 0.4) is 0 Å². The highest BCUT2D eigenvalue weighted by atomic mass is 19.1. The monoisotopic (exact) mass is 222 g/mol. The van der Waals surface area contributed by atoms with Crippen LogP contribution in [0.25, 0.3) is 0 Å². The molecule has 86 valence electrons. The molecular weight excluding hydrogens is 207 g/mol. The fraction of sp³-hybridized carbons (Fsp3) is 0.417. The minimum absolute atomic E-state index is 0.0311. The van der Waals surface area contributed by atoms with Crippen LogP contribution in [0.15, 0.2) is 18.2 Å². The lowest BCUT2D eigenvalue weighted by molar-refractivity contribution is 0.101. The predicted octanol–water partition coefficient (Wildman–Crippen LogP) is 1.44. The van der Waals surface area contributed by atoms with Gasteiger partial charge in [0.1, 0.15) is 5.82 Å². The van der Waals surface area contributed by atoms with Gasteiger partial charge in [0.2, 0.25) is 0 Å². The quantitative estimate of drug-likeness (QED) is 0.768. The number of ketones is 1. The molecule has 1 fully saturated rings. The summed E-state index contributed by atoms with van der Waals surface area (Å²) in [5, 5.41) is 3.21. The Morgan fingerprint density at radius 1 is 1.38 bits per heavy atom. The Morgan fingerprint density at radius 3 is 2.69 bits per heavy atom. The molecule has 1 saturated heterocycles. The molecule has 1 N–H and O–H groups in total. The van der Waals surface area contributed by atoms with Crippen LogP contribution in [-0.4, -0.2) is 32.0 Å². The van der Waals surface area contributed by atoms with Crippen molar-refractivity contribution >= 4 is 11.5 Å². The molecule has 16 heavy (non-hydrogen) atoms. The maximum Gasteiger partial charge on any atom is 0.159 e. The minimum Gasteiger partial charge on any atom is -0.367 e. The summed E-state index contributed by atoms with van der Waals surface area (Å²) in [6.07, 6.45) is 0. The van der Waals surface area contributed by atoms with Crippen molar-refractivity contribution < 1.29 is 9.18 Å². The first-order chi connectivity index (χ1) is 7.68. The second-order valence-electron chi connectivity index (χ2n) is 3.96. The number of carbonyl (C=O) groups is 1. The van der Waals surface area contributed by atoms with Crippen LogP contribution < -0.4 is 10.2 Å². The van der Waals surface area contributed by atoms with Crippen LogP contribution in [0.4, 0.5) is 10.1 Å². The van der Waals surface area contributed by atoms with Crippen molar-refractivity contribution in [1.82, 2.24) is 5.32 Å². The third-order valence-corrected chi connectivity index (χ3v) is 2.81. The van der Waals surface area contributed by atoms with Gasteiger partial charge in [0.25, 0.3) is 0 Å². The molecule has 0 aromatic heterocycles. The number of carbonyl (C=O) groups excluding carboxylic acids is 1. The molecular formula is C12H15FN2O. The molecule has 1 aromatic rings. The SMILES string of the molecule is CC(=O)c1ccc(F)c(N2CCNCC2)c1. The van der Waals surface area contributed by atoms with Gasteiger partial charge in [-0.15, -0.1) is 0 Å². The molecule has 2 rings (SSSR count). The minimum atomic E-state index is -0.257. The number of benzene rings is 1. The number of anilines is 1. The van der Waals surface area contributed by atoms with Gasteiger partial charge in [-0.1, -0.05) is 0 Å². The van der Waals surface area contributed by atoms with Crippen molar-refractivity contribution in [2.75, 3.05) is 31.1 Å². The number of piperazine rings is 1. The second-order valence-corrected chi connectivity index (χ2v) is 3.96. The van der Waals surface area contributed by atoms with Crippen molar-refractivity contribution in [3.63, 3.8) is 0 Å². The number of hydrogen-bond donors (Lipinski definition) is 1. The van der Waals surface area contributed by atoms with Crippen molar-refractivity contribution in [3.05, 3.63) is 29.6 Å². The smallest absolute Gasteiger partial charge is 0.159 e. The highest BCUT2D eigenvalue weighted by Gasteiger charge is 2.15. The van der Waals surface area contributed by atoms with E-state index in [1.165, 1.54) is 19.1 Å². The Morgan fingerprint density at radius 2 is 2.06 bits per heavy atom. The number of Topliss-reactive ketones (excluding diaryl/α,β-unsaturated/α-hetero) is 1. The summed E-state index contributed by atoms with van der Waals surface area (Å²) < 4.78 is 13.6. The molecule has 1 aliphatic rings. The van der Waals surface area contributed by atoms with Gasteiger partial charge in [-0.2, -0.15) is 0 Å². The average molecular weight is 222 g/mol. The zero-order chi connectivity index (χ0) is 11.5. The van der Waals surface area contributed by atoms with Crippen LogP contribution in [0.5, 0.6) is 0 Å². The maximum atomic E-state index is 13.6. The zero-order valence-electron chi connectivity index (χ0n) is 9.29. The maximum absolute atomic E-state index is 13.6. The van der Waals surface area contributed by atoms with Crippen LogP contribution in [-0.2, 0) is 0 Å². The Bertz CT molecular complexity index is 400. The molecule has 1 aromatic carbocycles. The van der Waals surface area contributed by atoms with Gasteiger partial charge in [0, 0.05) is 31.7 Å². The largest absolute Gasteiger partial charge is 0.367 e. The number of hydrogen-bond acceptors (Lipinski definition) is 3. The summed E-state index contributed by atoms with van der Waals surface area (Å²) in [5.41, 5.74) is 1.10. The lowest BCUT2D eigenvalue weighted by Gasteiger charge is -2.29. The molecule has 0 amide bonds. The first-order valence-corrected chi connectivity index (χ1v) is 5.44. The van der Waals surface area contributed by atoms with Crippen LogP contribution >= 0.6 is 0 Å². The average Bonchev–Trinajstić information content (AvgIpc) is 2.30. The van der Waals surface area contributed by atoms with Gasteiger partial charge >= 0.3 is 0 Å². The molecule has 3 nitrogen and oxygen atoms in total. The summed E-state index contributed by atoms with van der Waals surface area (Å²) in [7, 11) is 0. The van der Waals surface area contributed by atoms with Crippen molar-refractivity contribution in [2.24, 2.45) is 0 Å². The molecule has 4 heteroatoms. The molecule has 0 saturated carbocycles. The highest BCUT2D eigenvalue weighted by Crippen LogP contribution is 2.21. The standard InChI is InChI=1S/C12H15FN2O/c1-9(16)10-2-3-11(13)12(8-10)15-6-4-14-5-7-15/h2-3,8,14H,4-7H2,1H3. The molecule has 0 bridgehead atoms. The highest BCUT2D eigenvalue weighted by molar-refractivity contribution is 5.95. The van der Waals surface area contributed by atoms with Gasteiger partial charge in [0.15, 0.2) is 5.78 Å². The van der Waals surface area contributed by atoms with E-state index in [0.29, 0.717) is 11.3 Å². The fourth-order valence-corrected chi connectivity index (χ4v) is 1.88. The summed E-state index contributed by atoms with van der Waals surface area (Å²) in [6.45, 7) is 4.75. The van der Waals surface area contributed by atoms with E-state index in [1.807, 2.05) is 4.90 Å². The molecule has 0 aliphatic carbocycles. The van der Waals surface area contributed by atoms with E-state index in [1.54, 1.807) is 6.07 Å². The third-order valence-electron chi connectivity index (χ3n) is 2.81. The van der Waals surface area contributed by atoms with Gasteiger partial charge < -0.3 is 10.2 Å². The van der Waals surface area contributed by atoms with E-state index in [-0.39, 0.29) is 11.6 Å². The number of rotatable bonds is 2. The predicted molar refractivity (Wildman–Crippen MR) is 61.5 cm³/mol. The number of halogens is 1. The summed E-state index contributed by atoms with van der Waals surface area (Å²) in [5.74, 6) is -0.289. The van der Waals surface area contributed by atoms with Gasteiger partial charge in [-0.25, -0.2) is 4.39 Å². The lowest BCUT2D eigenvalue weighted by Crippen LogP contribution is -2.43. The van der Waals surface area contributed by atoms with E-state index in [9.17, 15) is 9.18 Å². The van der Waals surface area contributed by atoms with E-state index < -0.39 is 0 Å². The molecule has 0 unspecified atom stereocenters. The second kappa shape index (κ2) is 4.61. The first-order valence-electron chi connectivity index (χ1n) is 5.44. The molecule has 0 radical (unpaired) electrons. The number of nitrogens with one attached hydrogen (secondary N) is 1. The summed E-state index contributed by atoms with van der Waals surface area (Å²) in [4.78, 5) is 13.2. The fourth-order valence-electron chi connectivity index (χ4n) is 1.88. The van der Waals surface area contributed by atoms with Gasteiger partial charge in [0.05, 0.1) is 5.69 Å². The van der Waals surface area contributed by atoms with Gasteiger partial charge in [-0.3, -0.25) is 4.79 Å². The lowest BCUT2D eigenvalue weighted by atomic mass is 10.1. The third kappa shape index (κ3) is 2.22. The van der Waals surface area contributed by atoms with E-state index in [2.05, 4.69) is 5.32 Å². The first kappa shape index (κ1) is 11.1. The summed E-state index contributed by atoms with van der Waals surface area (Å²) >= 11 is 0. The van der Waals surface area contributed by atoms with Gasteiger partial charge in [-0.05, 0) is 25.1 Å². The summed E-state index contributed by atoms with van der Waals surface area (Å²) in [6, 6.07) is 4.54. The Labute approximate surface area is 94.3 Å². The van der Waals surface area contributed by atoms with Crippen LogP contribution in [0.2, 0.25) is 0 Å². The number of nitrogens with zero attached hydrogens (tertiary/aromatic N) is 1. The molecule has 0 spiro atoms. The van der Waals surface area contributed by atoms with Crippen molar-refractivity contribution in [1.29, 1.82) is 0 Å². The van der Waals surface area contributed by atoms with E-state index in [4.69, 9.17) is 0 Å². The molecule has 1 heterocycles. The molecule has 1 aliphatic heterocycles.